The highest BCUT2D eigenvalue weighted by molar-refractivity contribution is 8.00. The van der Waals surface area contributed by atoms with E-state index in [4.69, 9.17) is 4.74 Å². The summed E-state index contributed by atoms with van der Waals surface area (Å²) in [6.45, 7) is 3.16. The standard InChI is InChI=1S/C12H22O2S/c1-10-8-12(13,9-15-10)6-2-4-11-5-3-7-14-11/h10-11,13H,2-9H2,1H3. The van der Waals surface area contributed by atoms with Gasteiger partial charge in [-0.15, -0.1) is 0 Å². The number of ether oxygens (including phenoxy) is 1. The average Bonchev–Trinajstić information content (AvgIpc) is 2.77. The van der Waals surface area contributed by atoms with Crippen LogP contribution >= 0.6 is 11.8 Å². The van der Waals surface area contributed by atoms with Crippen molar-refractivity contribution < 1.29 is 9.84 Å². The first-order chi connectivity index (χ1) is 7.18. The molecule has 2 saturated heterocycles. The monoisotopic (exact) mass is 230 g/mol. The lowest BCUT2D eigenvalue weighted by Crippen LogP contribution is -2.28. The summed E-state index contributed by atoms with van der Waals surface area (Å²) < 4.78 is 5.58. The Hall–Kier alpha value is 0.270. The fourth-order valence-corrected chi connectivity index (χ4v) is 3.94. The highest BCUT2D eigenvalue weighted by Crippen LogP contribution is 2.37. The van der Waals surface area contributed by atoms with Crippen molar-refractivity contribution in [3.63, 3.8) is 0 Å². The number of aliphatic hydroxyl groups is 1. The largest absolute Gasteiger partial charge is 0.389 e. The summed E-state index contributed by atoms with van der Waals surface area (Å²) in [5.41, 5.74) is -0.372. The van der Waals surface area contributed by atoms with Crippen LogP contribution in [0.1, 0.15) is 45.4 Å². The van der Waals surface area contributed by atoms with Crippen molar-refractivity contribution >= 4 is 11.8 Å². The molecule has 3 unspecified atom stereocenters. The van der Waals surface area contributed by atoms with Crippen LogP contribution in [0.15, 0.2) is 0 Å². The third kappa shape index (κ3) is 3.36. The summed E-state index contributed by atoms with van der Waals surface area (Å²) in [7, 11) is 0. The first-order valence-electron chi connectivity index (χ1n) is 6.14. The Morgan fingerprint density at radius 1 is 1.53 bits per heavy atom. The minimum atomic E-state index is -0.372. The first-order valence-corrected chi connectivity index (χ1v) is 7.18. The molecule has 3 atom stereocenters. The molecule has 2 aliphatic rings. The number of thioether (sulfide) groups is 1. The molecule has 15 heavy (non-hydrogen) atoms. The quantitative estimate of drug-likeness (QED) is 0.805. The van der Waals surface area contributed by atoms with Gasteiger partial charge in [0.2, 0.25) is 0 Å². The third-order valence-corrected chi connectivity index (χ3v) is 4.94. The van der Waals surface area contributed by atoms with Crippen molar-refractivity contribution in [2.75, 3.05) is 12.4 Å². The van der Waals surface area contributed by atoms with Gasteiger partial charge in [-0.05, 0) is 38.5 Å². The summed E-state index contributed by atoms with van der Waals surface area (Å²) in [4.78, 5) is 0. The molecular weight excluding hydrogens is 208 g/mol. The van der Waals surface area contributed by atoms with Crippen molar-refractivity contribution in [3.8, 4) is 0 Å². The minimum Gasteiger partial charge on any atom is -0.389 e. The summed E-state index contributed by atoms with van der Waals surface area (Å²) in [5, 5.41) is 10.9. The smallest absolute Gasteiger partial charge is 0.0748 e. The fraction of sp³-hybridized carbons (Fsp3) is 1.00. The van der Waals surface area contributed by atoms with Gasteiger partial charge in [-0.1, -0.05) is 6.92 Å². The van der Waals surface area contributed by atoms with E-state index in [1.165, 1.54) is 12.8 Å². The first kappa shape index (κ1) is 11.7. The lowest BCUT2D eigenvalue weighted by Gasteiger charge is -2.22. The van der Waals surface area contributed by atoms with Gasteiger partial charge in [-0.25, -0.2) is 0 Å². The van der Waals surface area contributed by atoms with Gasteiger partial charge in [0.1, 0.15) is 0 Å². The molecule has 3 heteroatoms. The third-order valence-electron chi connectivity index (χ3n) is 3.50. The Kier molecular flexibility index (Phi) is 3.97. The molecule has 0 saturated carbocycles. The van der Waals surface area contributed by atoms with Crippen LogP contribution in [0.2, 0.25) is 0 Å². The Bertz CT molecular complexity index is 204. The maximum atomic E-state index is 10.3. The number of rotatable bonds is 4. The zero-order valence-corrected chi connectivity index (χ0v) is 10.4. The van der Waals surface area contributed by atoms with Crippen LogP contribution in [0.4, 0.5) is 0 Å². The van der Waals surface area contributed by atoms with Crippen molar-refractivity contribution in [2.45, 2.75) is 62.4 Å². The SMILES string of the molecule is CC1CC(O)(CCCC2CCCO2)CS1. The molecule has 0 aromatic rings. The molecule has 0 amide bonds. The van der Waals surface area contributed by atoms with Gasteiger partial charge in [0, 0.05) is 17.6 Å². The molecule has 0 aromatic heterocycles. The van der Waals surface area contributed by atoms with Gasteiger partial charge >= 0.3 is 0 Å². The lowest BCUT2D eigenvalue weighted by atomic mass is 9.93. The predicted molar refractivity (Wildman–Crippen MR) is 64.3 cm³/mol. The van der Waals surface area contributed by atoms with Crippen molar-refractivity contribution in [1.82, 2.24) is 0 Å². The Balaban J connectivity index is 1.64. The molecule has 1 N–H and O–H groups in total. The highest BCUT2D eigenvalue weighted by atomic mass is 32.2. The van der Waals surface area contributed by atoms with Crippen LogP contribution in [-0.4, -0.2) is 34.4 Å². The maximum Gasteiger partial charge on any atom is 0.0748 e. The van der Waals surface area contributed by atoms with E-state index in [1.807, 2.05) is 11.8 Å². The predicted octanol–water partition coefficient (Wildman–Crippen LogP) is 2.59. The summed E-state index contributed by atoms with van der Waals surface area (Å²) in [6, 6.07) is 0. The normalized spacial score (nSPS) is 41.2. The van der Waals surface area contributed by atoms with E-state index in [0.29, 0.717) is 11.4 Å². The van der Waals surface area contributed by atoms with Crippen molar-refractivity contribution in [3.05, 3.63) is 0 Å². The van der Waals surface area contributed by atoms with Crippen LogP contribution in [-0.2, 0) is 4.74 Å². The molecule has 0 spiro atoms. The number of hydrogen-bond donors (Lipinski definition) is 1. The molecule has 88 valence electrons. The topological polar surface area (TPSA) is 29.5 Å². The van der Waals surface area contributed by atoms with E-state index in [0.717, 1.165) is 38.0 Å². The molecule has 2 rings (SSSR count). The molecule has 0 bridgehead atoms. The van der Waals surface area contributed by atoms with Gasteiger partial charge < -0.3 is 9.84 Å². The molecule has 2 heterocycles. The molecule has 2 aliphatic heterocycles. The Labute approximate surface area is 96.8 Å². The second-order valence-electron chi connectivity index (χ2n) is 5.08. The van der Waals surface area contributed by atoms with Crippen molar-refractivity contribution in [1.29, 1.82) is 0 Å². The molecular formula is C12H22O2S. The van der Waals surface area contributed by atoms with Crippen LogP contribution in [0, 0.1) is 0 Å². The van der Waals surface area contributed by atoms with E-state index < -0.39 is 0 Å². The lowest BCUT2D eigenvalue weighted by molar-refractivity contribution is 0.0436. The van der Waals surface area contributed by atoms with Crippen LogP contribution in [0.3, 0.4) is 0 Å². The zero-order chi connectivity index (χ0) is 10.7. The second kappa shape index (κ2) is 5.07. The van der Waals surface area contributed by atoms with E-state index in [2.05, 4.69) is 6.92 Å². The van der Waals surface area contributed by atoms with Crippen LogP contribution < -0.4 is 0 Å². The fourth-order valence-electron chi connectivity index (χ4n) is 2.66. The molecule has 2 fully saturated rings. The second-order valence-corrected chi connectivity index (χ2v) is 6.50. The van der Waals surface area contributed by atoms with E-state index in [9.17, 15) is 5.11 Å². The van der Waals surface area contributed by atoms with Crippen LogP contribution in [0.5, 0.6) is 0 Å². The Morgan fingerprint density at radius 2 is 2.40 bits per heavy atom. The summed E-state index contributed by atoms with van der Waals surface area (Å²) in [6.07, 6.45) is 7.13. The molecule has 0 aromatic carbocycles. The molecule has 0 aliphatic carbocycles. The minimum absolute atomic E-state index is 0.372. The molecule has 2 nitrogen and oxygen atoms in total. The zero-order valence-electron chi connectivity index (χ0n) is 9.58. The average molecular weight is 230 g/mol. The van der Waals surface area contributed by atoms with Gasteiger partial charge in [-0.2, -0.15) is 11.8 Å². The van der Waals surface area contributed by atoms with Gasteiger partial charge in [-0.3, -0.25) is 0 Å². The van der Waals surface area contributed by atoms with Crippen LogP contribution in [0.25, 0.3) is 0 Å². The van der Waals surface area contributed by atoms with Gasteiger partial charge in [0.15, 0.2) is 0 Å². The summed E-state index contributed by atoms with van der Waals surface area (Å²) >= 11 is 1.91. The van der Waals surface area contributed by atoms with E-state index in [1.54, 1.807) is 0 Å². The number of hydrogen-bond acceptors (Lipinski definition) is 3. The van der Waals surface area contributed by atoms with Gasteiger partial charge in [0.05, 0.1) is 11.7 Å². The van der Waals surface area contributed by atoms with Gasteiger partial charge in [0.25, 0.3) is 0 Å². The van der Waals surface area contributed by atoms with E-state index in [-0.39, 0.29) is 5.60 Å². The van der Waals surface area contributed by atoms with E-state index >= 15 is 0 Å². The Morgan fingerprint density at radius 3 is 3.00 bits per heavy atom. The van der Waals surface area contributed by atoms with Crippen molar-refractivity contribution in [2.24, 2.45) is 0 Å². The maximum absolute atomic E-state index is 10.3. The summed E-state index contributed by atoms with van der Waals surface area (Å²) in [5.74, 6) is 0.930. The molecule has 0 radical (unpaired) electrons. The highest BCUT2D eigenvalue weighted by Gasteiger charge is 2.35.